The molecule has 0 spiro atoms. The molecule has 240 valence electrons. The molecule has 0 aliphatic heterocycles. The fraction of sp³-hybridized carbons (Fsp3) is 0.731. The van der Waals surface area contributed by atoms with Gasteiger partial charge in [0.15, 0.2) is 0 Å². The molecule has 0 aliphatic rings. The summed E-state index contributed by atoms with van der Waals surface area (Å²) in [5, 5.41) is 28.1. The summed E-state index contributed by atoms with van der Waals surface area (Å²) < 4.78 is 0. The Morgan fingerprint density at radius 1 is 0.738 bits per heavy atom. The highest BCUT2D eigenvalue weighted by molar-refractivity contribution is 5.96. The first kappa shape index (κ1) is 38.2. The number of carboxylic acid groups (broad SMARTS) is 2. The van der Waals surface area contributed by atoms with Crippen LogP contribution in [0, 0.1) is 11.8 Å². The normalized spacial score (nSPS) is 15.3. The topological polar surface area (TPSA) is 286 Å². The van der Waals surface area contributed by atoms with E-state index >= 15 is 0 Å². The second-order valence-corrected chi connectivity index (χ2v) is 10.7. The fourth-order valence-electron chi connectivity index (χ4n) is 3.92. The van der Waals surface area contributed by atoms with Crippen LogP contribution in [0.1, 0.15) is 72.6 Å². The molecule has 0 saturated carbocycles. The number of hydrogen-bond acceptors (Lipinski definition) is 9. The Bertz CT molecular complexity index is 960. The minimum Gasteiger partial charge on any atom is -0.481 e. The highest BCUT2D eigenvalue weighted by Crippen LogP contribution is 2.12. The molecular weight excluding hydrogens is 554 g/mol. The third-order valence-electron chi connectivity index (χ3n) is 6.46. The van der Waals surface area contributed by atoms with Gasteiger partial charge in [-0.3, -0.25) is 28.8 Å². The lowest BCUT2D eigenvalue weighted by atomic mass is 9.96. The Kier molecular flexibility index (Phi) is 17.6. The van der Waals surface area contributed by atoms with E-state index in [9.17, 15) is 38.7 Å². The van der Waals surface area contributed by atoms with Gasteiger partial charge < -0.3 is 48.7 Å². The molecule has 0 aromatic rings. The molecule has 0 heterocycles. The van der Waals surface area contributed by atoms with E-state index in [4.69, 9.17) is 22.3 Å². The Morgan fingerprint density at radius 2 is 1.29 bits per heavy atom. The zero-order valence-electron chi connectivity index (χ0n) is 24.7. The van der Waals surface area contributed by atoms with Gasteiger partial charge in [0, 0.05) is 0 Å². The number of carbonyl (C=O) groups excluding carboxylic acids is 5. The molecule has 0 radical (unpaired) electrons. The molecule has 0 unspecified atom stereocenters. The summed E-state index contributed by atoms with van der Waals surface area (Å²) in [6.45, 7) is 7.33. The molecule has 5 amide bonds. The first-order chi connectivity index (χ1) is 19.5. The summed E-state index contributed by atoms with van der Waals surface area (Å²) in [7, 11) is 0. The number of hydrogen-bond donors (Lipinski definition) is 9. The Hall–Kier alpha value is -3.79. The van der Waals surface area contributed by atoms with Crippen LogP contribution in [-0.2, 0) is 33.6 Å². The Labute approximate surface area is 245 Å². The molecule has 0 rings (SSSR count). The van der Waals surface area contributed by atoms with Crippen molar-refractivity contribution in [3.8, 4) is 0 Å². The maximum atomic E-state index is 13.4. The van der Waals surface area contributed by atoms with Crippen LogP contribution in [0.3, 0.4) is 0 Å². The number of primary amides is 1. The summed E-state index contributed by atoms with van der Waals surface area (Å²) in [6, 6.07) is -6.52. The van der Waals surface area contributed by atoms with Gasteiger partial charge in [-0.1, -0.05) is 34.1 Å². The van der Waals surface area contributed by atoms with E-state index in [0.717, 1.165) is 0 Å². The summed E-state index contributed by atoms with van der Waals surface area (Å²) in [5.41, 5.74) is 16.4. The minimum atomic E-state index is -1.72. The first-order valence-corrected chi connectivity index (χ1v) is 13.9. The summed E-state index contributed by atoms with van der Waals surface area (Å²) in [6.07, 6.45) is 0.359. The van der Waals surface area contributed by atoms with E-state index in [2.05, 4.69) is 21.3 Å². The first-order valence-electron chi connectivity index (χ1n) is 13.9. The zero-order valence-corrected chi connectivity index (χ0v) is 24.7. The van der Waals surface area contributed by atoms with Crippen LogP contribution >= 0.6 is 0 Å². The van der Waals surface area contributed by atoms with Crippen LogP contribution in [0.25, 0.3) is 0 Å². The van der Waals surface area contributed by atoms with Crippen molar-refractivity contribution >= 4 is 41.5 Å². The smallest absolute Gasteiger partial charge is 0.326 e. The van der Waals surface area contributed by atoms with Gasteiger partial charge in [0.05, 0.1) is 18.9 Å². The summed E-state index contributed by atoms with van der Waals surface area (Å²) in [4.78, 5) is 85.8. The average Bonchev–Trinajstić information content (AvgIpc) is 2.88. The lowest BCUT2D eigenvalue weighted by Crippen LogP contribution is -2.59. The molecule has 12 N–H and O–H groups in total. The van der Waals surface area contributed by atoms with E-state index in [1.54, 1.807) is 13.8 Å². The Morgan fingerprint density at radius 3 is 1.76 bits per heavy atom. The van der Waals surface area contributed by atoms with Gasteiger partial charge in [0.25, 0.3) is 0 Å². The third-order valence-corrected chi connectivity index (χ3v) is 6.46. The molecule has 16 heteroatoms. The van der Waals surface area contributed by atoms with Crippen molar-refractivity contribution in [2.24, 2.45) is 29.0 Å². The van der Waals surface area contributed by atoms with Gasteiger partial charge >= 0.3 is 11.9 Å². The summed E-state index contributed by atoms with van der Waals surface area (Å²) in [5.74, 6) is -7.46. The van der Waals surface area contributed by atoms with E-state index in [1.807, 2.05) is 13.8 Å². The van der Waals surface area contributed by atoms with E-state index in [-0.39, 0.29) is 18.8 Å². The monoisotopic (exact) mass is 601 g/mol. The van der Waals surface area contributed by atoms with Crippen LogP contribution < -0.4 is 38.5 Å². The molecular formula is C26H47N7O9. The van der Waals surface area contributed by atoms with Gasteiger partial charge in [0.2, 0.25) is 29.5 Å². The van der Waals surface area contributed by atoms with Crippen molar-refractivity contribution in [2.75, 3.05) is 6.54 Å². The number of aliphatic carboxylic acids is 2. The highest BCUT2D eigenvalue weighted by Gasteiger charge is 2.34. The predicted molar refractivity (Wildman–Crippen MR) is 151 cm³/mol. The maximum absolute atomic E-state index is 13.4. The molecule has 16 nitrogen and oxygen atoms in total. The molecule has 0 aliphatic carbocycles. The van der Waals surface area contributed by atoms with Gasteiger partial charge in [-0.15, -0.1) is 0 Å². The second-order valence-electron chi connectivity index (χ2n) is 10.7. The lowest BCUT2D eigenvalue weighted by Gasteiger charge is -2.29. The largest absolute Gasteiger partial charge is 0.481 e. The quantitative estimate of drug-likeness (QED) is 0.0643. The van der Waals surface area contributed by atoms with Crippen molar-refractivity contribution in [1.82, 2.24) is 21.3 Å². The second kappa shape index (κ2) is 19.4. The number of amides is 5. The molecule has 6 atom stereocenters. The van der Waals surface area contributed by atoms with Crippen molar-refractivity contribution in [3.63, 3.8) is 0 Å². The highest BCUT2D eigenvalue weighted by atomic mass is 16.4. The number of nitrogens with two attached hydrogens (primary N) is 3. The van der Waals surface area contributed by atoms with Crippen molar-refractivity contribution < 1.29 is 43.8 Å². The van der Waals surface area contributed by atoms with E-state index in [1.165, 1.54) is 0 Å². The number of carboxylic acids is 2. The molecule has 0 saturated heterocycles. The van der Waals surface area contributed by atoms with Crippen molar-refractivity contribution in [2.45, 2.75) is 103 Å². The Balaban J connectivity index is 5.96. The maximum Gasteiger partial charge on any atom is 0.326 e. The molecule has 0 aromatic heterocycles. The number of rotatable bonds is 21. The number of unbranched alkanes of at least 4 members (excludes halogenated alkanes) is 1. The predicted octanol–water partition coefficient (Wildman–Crippen LogP) is -2.09. The fourth-order valence-corrected chi connectivity index (χ4v) is 3.92. The third kappa shape index (κ3) is 14.7. The van der Waals surface area contributed by atoms with Crippen molar-refractivity contribution in [3.05, 3.63) is 0 Å². The molecule has 0 fully saturated rings. The molecule has 0 bridgehead atoms. The van der Waals surface area contributed by atoms with E-state index in [0.29, 0.717) is 25.8 Å². The number of carbonyl (C=O) groups is 7. The van der Waals surface area contributed by atoms with Gasteiger partial charge in [0.1, 0.15) is 24.2 Å². The standard InChI is InChI=1S/C26H47N7O9/c1-5-14(4)21(25(40)32-18(26(41)42)12-20(35)36)33-23(38)16(8-6-7-9-27)30-24(39)17(10-13(2)3)31-22(37)15(28)11-19(29)34/h13-18,21H,5-12,27-28H2,1-4H3,(H2,29,34)(H,30,39)(H,31,37)(H,32,40)(H,33,38)(H,35,36)(H,41,42)/t14-,15-,16-,17-,18-,21-/m0/s1. The van der Waals surface area contributed by atoms with Gasteiger partial charge in [-0.2, -0.15) is 0 Å². The van der Waals surface area contributed by atoms with Gasteiger partial charge in [-0.05, 0) is 44.1 Å². The number of nitrogens with one attached hydrogen (secondary N) is 4. The molecule has 42 heavy (non-hydrogen) atoms. The van der Waals surface area contributed by atoms with Gasteiger partial charge in [-0.25, -0.2) is 4.79 Å². The average molecular weight is 602 g/mol. The van der Waals surface area contributed by atoms with Crippen LogP contribution in [0.15, 0.2) is 0 Å². The van der Waals surface area contributed by atoms with E-state index < -0.39 is 90.4 Å². The van der Waals surface area contributed by atoms with Crippen LogP contribution in [0.4, 0.5) is 0 Å². The SMILES string of the molecule is CC[C@H](C)[C@H](NC(=O)[C@H](CCCCN)NC(=O)[C@H](CC(C)C)NC(=O)[C@@H](N)CC(N)=O)C(=O)N[C@@H](CC(=O)O)C(=O)O. The summed E-state index contributed by atoms with van der Waals surface area (Å²) >= 11 is 0. The molecule has 0 aromatic carbocycles. The van der Waals surface area contributed by atoms with Crippen LogP contribution in [-0.4, -0.2) is 88.4 Å². The van der Waals surface area contributed by atoms with Crippen molar-refractivity contribution in [1.29, 1.82) is 0 Å². The van der Waals surface area contributed by atoms with Crippen LogP contribution in [0.5, 0.6) is 0 Å². The lowest BCUT2D eigenvalue weighted by molar-refractivity contribution is -0.147. The minimum absolute atomic E-state index is 0.0654. The van der Waals surface area contributed by atoms with Crippen LogP contribution in [0.2, 0.25) is 0 Å². The zero-order chi connectivity index (χ0) is 32.6.